The van der Waals surface area contributed by atoms with Crippen LogP contribution in [0.1, 0.15) is 32.6 Å². The minimum Gasteiger partial charge on any atom is -0.462 e. The quantitative estimate of drug-likeness (QED) is 0.579. The van der Waals surface area contributed by atoms with Crippen LogP contribution in [-0.4, -0.2) is 36.8 Å². The molecular weight excluding hydrogens is 302 g/mol. The maximum Gasteiger partial charge on any atom is 0.312 e. The van der Waals surface area contributed by atoms with Gasteiger partial charge in [-0.2, -0.15) is 5.26 Å². The average molecular weight is 321 g/mol. The molecule has 0 aromatic carbocycles. The second kappa shape index (κ2) is 6.84. The predicted molar refractivity (Wildman–Crippen MR) is 69.7 cm³/mol. The molecule has 0 heterocycles. The van der Waals surface area contributed by atoms with Crippen molar-refractivity contribution in [3.8, 4) is 6.07 Å². The number of ether oxygens (including phenoxy) is 1. The van der Waals surface area contributed by atoms with Gasteiger partial charge in [0, 0.05) is 12.8 Å². The van der Waals surface area contributed by atoms with Gasteiger partial charge in [-0.3, -0.25) is 4.79 Å². The molecule has 0 saturated heterocycles. The molecular formula is C15H19F4NO2. The summed E-state index contributed by atoms with van der Waals surface area (Å²) in [6.07, 6.45) is -8.23. The molecule has 0 aromatic heterocycles. The number of esters is 1. The first-order chi connectivity index (χ1) is 10.3. The van der Waals surface area contributed by atoms with Crippen molar-refractivity contribution in [2.45, 2.75) is 63.4 Å². The Morgan fingerprint density at radius 2 is 1.68 bits per heavy atom. The summed E-state index contributed by atoms with van der Waals surface area (Å²) in [6, 6.07) is 1.56. The summed E-state index contributed by atoms with van der Waals surface area (Å²) in [4.78, 5) is 12.0. The van der Waals surface area contributed by atoms with Crippen molar-refractivity contribution in [3.05, 3.63) is 0 Å². The molecule has 2 aliphatic carbocycles. The first kappa shape index (κ1) is 17.0. The van der Waals surface area contributed by atoms with Gasteiger partial charge in [0.2, 0.25) is 0 Å². The average Bonchev–Trinajstić information content (AvgIpc) is 2.44. The molecule has 7 heteroatoms. The predicted octanol–water partition coefficient (Wildman–Crippen LogP) is 3.23. The fraction of sp³-hybridized carbons (Fsp3) is 0.867. The van der Waals surface area contributed by atoms with Gasteiger partial charge in [-0.15, -0.1) is 0 Å². The Kier molecular flexibility index (Phi) is 5.30. The lowest BCUT2D eigenvalue weighted by molar-refractivity contribution is -0.164. The minimum absolute atomic E-state index is 0.160. The highest BCUT2D eigenvalue weighted by atomic mass is 19.2. The van der Waals surface area contributed by atoms with Crippen LogP contribution in [0, 0.1) is 29.1 Å². The molecule has 0 radical (unpaired) electrons. The van der Waals surface area contributed by atoms with Gasteiger partial charge in [0.15, 0.2) is 0 Å². The molecule has 6 atom stereocenters. The van der Waals surface area contributed by atoms with Crippen LogP contribution < -0.4 is 0 Å². The van der Waals surface area contributed by atoms with Crippen LogP contribution in [0.2, 0.25) is 0 Å². The summed E-state index contributed by atoms with van der Waals surface area (Å²) in [5.74, 6) is -4.00. The fourth-order valence-corrected chi connectivity index (χ4v) is 3.17. The number of nitrogens with zero attached hydrogens (tertiary/aromatic N) is 1. The van der Waals surface area contributed by atoms with Gasteiger partial charge >= 0.3 is 5.97 Å². The number of halogens is 4. The van der Waals surface area contributed by atoms with E-state index in [-0.39, 0.29) is 19.3 Å². The van der Waals surface area contributed by atoms with Gasteiger partial charge in [-0.05, 0) is 18.8 Å². The Morgan fingerprint density at radius 3 is 2.23 bits per heavy atom. The monoisotopic (exact) mass is 321 g/mol. The van der Waals surface area contributed by atoms with E-state index in [9.17, 15) is 22.4 Å². The smallest absolute Gasteiger partial charge is 0.312 e. The molecule has 2 aliphatic rings. The second-order valence-corrected chi connectivity index (χ2v) is 6.27. The lowest BCUT2D eigenvalue weighted by Crippen LogP contribution is -2.44. The van der Waals surface area contributed by atoms with E-state index >= 15 is 0 Å². The molecule has 2 saturated carbocycles. The number of nitriles is 1. The zero-order valence-electron chi connectivity index (χ0n) is 12.2. The molecule has 0 bridgehead atoms. The van der Waals surface area contributed by atoms with Gasteiger partial charge in [0.25, 0.3) is 0 Å². The van der Waals surface area contributed by atoms with Gasteiger partial charge in [0.05, 0.1) is 12.0 Å². The molecule has 2 fully saturated rings. The summed E-state index contributed by atoms with van der Waals surface area (Å²) in [5.41, 5.74) is 0. The molecule has 6 unspecified atom stereocenters. The number of carbonyl (C=O) groups excluding carboxylic acids is 1. The third-order valence-electron chi connectivity index (χ3n) is 4.66. The van der Waals surface area contributed by atoms with Crippen LogP contribution in [0.3, 0.4) is 0 Å². The summed E-state index contributed by atoms with van der Waals surface area (Å²) >= 11 is 0. The van der Waals surface area contributed by atoms with Crippen LogP contribution in [0.4, 0.5) is 17.6 Å². The van der Waals surface area contributed by atoms with E-state index in [1.807, 2.05) is 0 Å². The van der Waals surface area contributed by atoms with Crippen molar-refractivity contribution in [1.82, 2.24) is 0 Å². The first-order valence-electron chi connectivity index (χ1n) is 7.51. The number of alkyl halides is 4. The molecule has 0 amide bonds. The lowest BCUT2D eigenvalue weighted by atomic mass is 9.80. The van der Waals surface area contributed by atoms with Crippen molar-refractivity contribution >= 4 is 5.97 Å². The zero-order valence-corrected chi connectivity index (χ0v) is 12.2. The number of hydrogen-bond donors (Lipinski definition) is 0. The van der Waals surface area contributed by atoms with Crippen molar-refractivity contribution < 1.29 is 27.1 Å². The summed E-state index contributed by atoms with van der Waals surface area (Å²) in [5, 5.41) is 8.66. The summed E-state index contributed by atoms with van der Waals surface area (Å²) in [7, 11) is 0. The van der Waals surface area contributed by atoms with Gasteiger partial charge in [0.1, 0.15) is 36.7 Å². The van der Waals surface area contributed by atoms with Crippen LogP contribution in [0.25, 0.3) is 0 Å². The molecule has 0 spiro atoms. The first-order valence-corrected chi connectivity index (χ1v) is 7.51. The highest BCUT2D eigenvalue weighted by Crippen LogP contribution is 2.36. The van der Waals surface area contributed by atoms with Crippen LogP contribution >= 0.6 is 0 Å². The molecule has 2 rings (SSSR count). The maximum absolute atomic E-state index is 13.9. The fourth-order valence-electron chi connectivity index (χ4n) is 3.17. The summed E-state index contributed by atoms with van der Waals surface area (Å²) in [6.45, 7) is 1.57. The number of hydrogen-bond acceptors (Lipinski definition) is 3. The molecule has 0 aromatic rings. The van der Waals surface area contributed by atoms with Crippen LogP contribution in [0.5, 0.6) is 0 Å². The van der Waals surface area contributed by atoms with Crippen molar-refractivity contribution in [1.29, 1.82) is 5.26 Å². The Bertz CT molecular complexity index is 443. The van der Waals surface area contributed by atoms with E-state index < -0.39 is 54.5 Å². The van der Waals surface area contributed by atoms with Crippen molar-refractivity contribution in [2.24, 2.45) is 17.8 Å². The van der Waals surface area contributed by atoms with E-state index in [1.54, 1.807) is 13.0 Å². The molecule has 0 aliphatic heterocycles. The molecule has 3 nitrogen and oxygen atoms in total. The van der Waals surface area contributed by atoms with E-state index in [0.717, 1.165) is 0 Å². The number of rotatable bonds is 2. The zero-order chi connectivity index (χ0) is 16.4. The largest absolute Gasteiger partial charge is 0.462 e. The SMILES string of the molecule is CC1CCC(C(=O)OC2CC(F)C(C#N)C(F)C2)C(F)C1F. The topological polar surface area (TPSA) is 50.1 Å². The minimum atomic E-state index is -1.95. The Balaban J connectivity index is 1.94. The van der Waals surface area contributed by atoms with Crippen LogP contribution in [-0.2, 0) is 9.53 Å². The molecule has 124 valence electrons. The van der Waals surface area contributed by atoms with E-state index in [2.05, 4.69) is 0 Å². The highest BCUT2D eigenvalue weighted by Gasteiger charge is 2.45. The molecule has 22 heavy (non-hydrogen) atoms. The van der Waals surface area contributed by atoms with E-state index in [4.69, 9.17) is 10.00 Å². The maximum atomic E-state index is 13.9. The van der Waals surface area contributed by atoms with Gasteiger partial charge in [-0.25, -0.2) is 17.6 Å². The van der Waals surface area contributed by atoms with E-state index in [0.29, 0.717) is 6.42 Å². The Labute approximate surface area is 126 Å². The third kappa shape index (κ3) is 3.36. The normalized spacial score (nSPS) is 45.8. The van der Waals surface area contributed by atoms with Crippen molar-refractivity contribution in [3.63, 3.8) is 0 Å². The Hall–Kier alpha value is -1.32. The van der Waals surface area contributed by atoms with Crippen LogP contribution in [0.15, 0.2) is 0 Å². The summed E-state index contributed by atoms with van der Waals surface area (Å²) < 4.78 is 59.8. The molecule has 0 N–H and O–H groups in total. The second-order valence-electron chi connectivity index (χ2n) is 6.27. The third-order valence-corrected chi connectivity index (χ3v) is 4.66. The van der Waals surface area contributed by atoms with Crippen molar-refractivity contribution in [2.75, 3.05) is 0 Å². The van der Waals surface area contributed by atoms with Gasteiger partial charge < -0.3 is 4.74 Å². The van der Waals surface area contributed by atoms with E-state index in [1.165, 1.54) is 0 Å². The van der Waals surface area contributed by atoms with Gasteiger partial charge in [-0.1, -0.05) is 6.92 Å². The highest BCUT2D eigenvalue weighted by molar-refractivity contribution is 5.73. The number of carbonyl (C=O) groups is 1. The standard InChI is InChI=1S/C15H19F4NO2/c1-7-2-3-9(14(19)13(7)18)15(21)22-8-4-11(16)10(6-20)12(17)5-8/h7-14H,2-5H2,1H3. The lowest BCUT2D eigenvalue weighted by Gasteiger charge is -2.34. The Morgan fingerprint density at radius 1 is 1.09 bits per heavy atom.